The van der Waals surface area contributed by atoms with Crippen molar-refractivity contribution in [2.75, 3.05) is 26.4 Å². The van der Waals surface area contributed by atoms with Gasteiger partial charge in [0.1, 0.15) is 0 Å². The maximum Gasteiger partial charge on any atom is 0.410 e. The number of rotatable bonds is 3. The molecule has 1 saturated heterocycles. The second kappa shape index (κ2) is 5.80. The summed E-state index contributed by atoms with van der Waals surface area (Å²) in [5, 5.41) is 3.13. The quantitative estimate of drug-likeness (QED) is 0.673. The molecule has 76 valence electrons. The number of nitrogens with zero attached hydrogens (tertiary/aromatic N) is 1. The molecule has 0 bridgehead atoms. The van der Waals surface area contributed by atoms with E-state index in [4.69, 9.17) is 4.74 Å². The fourth-order valence-electron chi connectivity index (χ4n) is 1.24. The van der Waals surface area contributed by atoms with Crippen LogP contribution in [-0.2, 0) is 4.74 Å². The Morgan fingerprint density at radius 1 is 1.62 bits per heavy atom. The van der Waals surface area contributed by atoms with Gasteiger partial charge >= 0.3 is 6.09 Å². The van der Waals surface area contributed by atoms with Gasteiger partial charge in [-0.3, -0.25) is 10.2 Å². The Labute approximate surface area is 79.2 Å². The van der Waals surface area contributed by atoms with Crippen molar-refractivity contribution in [3.63, 3.8) is 0 Å². The van der Waals surface area contributed by atoms with Crippen molar-refractivity contribution < 1.29 is 9.53 Å². The van der Waals surface area contributed by atoms with Crippen molar-refractivity contribution >= 4 is 6.09 Å². The topological polar surface area (TPSA) is 41.6 Å². The van der Waals surface area contributed by atoms with Crippen molar-refractivity contribution in [2.24, 2.45) is 0 Å². The van der Waals surface area contributed by atoms with Gasteiger partial charge < -0.3 is 4.74 Å². The van der Waals surface area contributed by atoms with Crippen molar-refractivity contribution in [1.82, 2.24) is 10.2 Å². The molecule has 1 rings (SSSR count). The molecule has 1 N–H and O–H groups in total. The zero-order chi connectivity index (χ0) is 9.52. The van der Waals surface area contributed by atoms with Gasteiger partial charge in [-0.25, -0.2) is 4.79 Å². The van der Waals surface area contributed by atoms with Gasteiger partial charge in [-0.1, -0.05) is 13.3 Å². The van der Waals surface area contributed by atoms with E-state index >= 15 is 0 Å². The minimum absolute atomic E-state index is 0.180. The average molecular weight is 186 g/mol. The zero-order valence-electron chi connectivity index (χ0n) is 8.21. The van der Waals surface area contributed by atoms with Crippen LogP contribution in [-0.4, -0.2) is 37.4 Å². The Morgan fingerprint density at radius 3 is 3.08 bits per heavy atom. The Bertz CT molecular complexity index is 156. The summed E-state index contributed by atoms with van der Waals surface area (Å²) in [6.45, 7) is 5.07. The van der Waals surface area contributed by atoms with E-state index < -0.39 is 0 Å². The molecule has 1 aliphatic rings. The van der Waals surface area contributed by atoms with Gasteiger partial charge in [-0.2, -0.15) is 0 Å². The van der Waals surface area contributed by atoms with Gasteiger partial charge in [-0.05, 0) is 19.4 Å². The van der Waals surface area contributed by atoms with E-state index in [1.807, 2.05) is 0 Å². The van der Waals surface area contributed by atoms with Crippen molar-refractivity contribution in [2.45, 2.75) is 26.2 Å². The number of carbonyl (C=O) groups is 1. The first-order valence-electron chi connectivity index (χ1n) is 4.97. The molecule has 1 fully saturated rings. The zero-order valence-corrected chi connectivity index (χ0v) is 8.21. The van der Waals surface area contributed by atoms with E-state index in [0.717, 1.165) is 32.4 Å². The highest BCUT2D eigenvalue weighted by atomic mass is 16.6. The van der Waals surface area contributed by atoms with Crippen LogP contribution in [0.1, 0.15) is 26.2 Å². The summed E-state index contributed by atoms with van der Waals surface area (Å²) >= 11 is 0. The molecule has 13 heavy (non-hydrogen) atoms. The van der Waals surface area contributed by atoms with Crippen LogP contribution >= 0.6 is 0 Å². The van der Waals surface area contributed by atoms with E-state index in [1.165, 1.54) is 0 Å². The van der Waals surface area contributed by atoms with Gasteiger partial charge in [0.15, 0.2) is 0 Å². The molecule has 1 heterocycles. The standard InChI is InChI=1S/C9H18N2O2/c1-2-3-7-13-9(12)11-6-4-5-10-8-11/h10H,2-8H2,1H3. The van der Waals surface area contributed by atoms with Gasteiger partial charge in [0.2, 0.25) is 0 Å². The summed E-state index contributed by atoms with van der Waals surface area (Å²) < 4.78 is 5.07. The van der Waals surface area contributed by atoms with E-state index in [1.54, 1.807) is 4.90 Å². The third-order valence-corrected chi connectivity index (χ3v) is 2.07. The van der Waals surface area contributed by atoms with E-state index in [0.29, 0.717) is 13.3 Å². The molecule has 0 aliphatic carbocycles. The second-order valence-electron chi connectivity index (χ2n) is 3.24. The molecule has 1 aliphatic heterocycles. The maximum atomic E-state index is 11.3. The molecule has 0 aromatic rings. The monoisotopic (exact) mass is 186 g/mol. The molecule has 0 aromatic carbocycles. The lowest BCUT2D eigenvalue weighted by Gasteiger charge is -2.26. The van der Waals surface area contributed by atoms with Gasteiger partial charge in [0, 0.05) is 6.54 Å². The number of unbranched alkanes of at least 4 members (excludes halogenated alkanes) is 1. The summed E-state index contributed by atoms with van der Waals surface area (Å²) in [7, 11) is 0. The Hall–Kier alpha value is -0.770. The van der Waals surface area contributed by atoms with Gasteiger partial charge in [-0.15, -0.1) is 0 Å². The highest BCUT2D eigenvalue weighted by molar-refractivity contribution is 5.67. The summed E-state index contributed by atoms with van der Waals surface area (Å²) in [4.78, 5) is 13.0. The lowest BCUT2D eigenvalue weighted by atomic mass is 10.3. The fraction of sp³-hybridized carbons (Fsp3) is 0.889. The number of amides is 1. The van der Waals surface area contributed by atoms with Crippen LogP contribution in [0, 0.1) is 0 Å². The summed E-state index contributed by atoms with van der Waals surface area (Å²) in [5.74, 6) is 0. The van der Waals surface area contributed by atoms with Gasteiger partial charge in [0.25, 0.3) is 0 Å². The van der Waals surface area contributed by atoms with E-state index in [2.05, 4.69) is 12.2 Å². The normalized spacial score (nSPS) is 17.2. The van der Waals surface area contributed by atoms with Crippen LogP contribution in [0.3, 0.4) is 0 Å². The highest BCUT2D eigenvalue weighted by Gasteiger charge is 2.16. The number of carbonyl (C=O) groups excluding carboxylic acids is 1. The fourth-order valence-corrected chi connectivity index (χ4v) is 1.24. The third kappa shape index (κ3) is 3.63. The SMILES string of the molecule is CCCCOC(=O)N1CCCNC1. The summed E-state index contributed by atoms with van der Waals surface area (Å²) in [6.07, 6.45) is 2.85. The minimum atomic E-state index is -0.180. The van der Waals surface area contributed by atoms with Crippen LogP contribution in [0.5, 0.6) is 0 Å². The van der Waals surface area contributed by atoms with Crippen molar-refractivity contribution in [3.05, 3.63) is 0 Å². The average Bonchev–Trinajstić information content (AvgIpc) is 2.19. The first-order valence-corrected chi connectivity index (χ1v) is 4.97. The van der Waals surface area contributed by atoms with Crippen LogP contribution in [0.15, 0.2) is 0 Å². The first-order chi connectivity index (χ1) is 6.34. The lowest BCUT2D eigenvalue weighted by molar-refractivity contribution is 0.0915. The lowest BCUT2D eigenvalue weighted by Crippen LogP contribution is -2.45. The predicted molar refractivity (Wildman–Crippen MR) is 50.4 cm³/mol. The molecule has 0 spiro atoms. The first kappa shape index (κ1) is 10.3. The van der Waals surface area contributed by atoms with Crippen LogP contribution in [0.4, 0.5) is 4.79 Å². The Morgan fingerprint density at radius 2 is 2.46 bits per heavy atom. The van der Waals surface area contributed by atoms with Gasteiger partial charge in [0.05, 0.1) is 13.3 Å². The van der Waals surface area contributed by atoms with Crippen molar-refractivity contribution in [1.29, 1.82) is 0 Å². The number of hydrogen-bond acceptors (Lipinski definition) is 3. The molecule has 1 amide bonds. The third-order valence-electron chi connectivity index (χ3n) is 2.07. The van der Waals surface area contributed by atoms with Crippen molar-refractivity contribution in [3.8, 4) is 0 Å². The predicted octanol–water partition coefficient (Wildman–Crippen LogP) is 1.18. The number of ether oxygens (including phenoxy) is 1. The number of hydrogen-bond donors (Lipinski definition) is 1. The summed E-state index contributed by atoms with van der Waals surface area (Å²) in [5.41, 5.74) is 0. The molecule has 0 saturated carbocycles. The molecule has 0 unspecified atom stereocenters. The van der Waals surface area contributed by atoms with E-state index in [-0.39, 0.29) is 6.09 Å². The van der Waals surface area contributed by atoms with Crippen LogP contribution in [0.25, 0.3) is 0 Å². The Balaban J connectivity index is 2.13. The summed E-state index contributed by atoms with van der Waals surface area (Å²) in [6, 6.07) is 0. The maximum absolute atomic E-state index is 11.3. The molecule has 0 radical (unpaired) electrons. The molecular weight excluding hydrogens is 168 g/mol. The Kier molecular flexibility index (Phi) is 4.60. The minimum Gasteiger partial charge on any atom is -0.449 e. The molecular formula is C9H18N2O2. The molecule has 4 nitrogen and oxygen atoms in total. The second-order valence-corrected chi connectivity index (χ2v) is 3.24. The number of nitrogens with one attached hydrogen (secondary N) is 1. The smallest absolute Gasteiger partial charge is 0.410 e. The highest BCUT2D eigenvalue weighted by Crippen LogP contribution is 2.00. The van der Waals surface area contributed by atoms with Crippen LogP contribution in [0.2, 0.25) is 0 Å². The molecule has 0 atom stereocenters. The molecule has 0 aromatic heterocycles. The molecule has 4 heteroatoms. The largest absolute Gasteiger partial charge is 0.449 e. The van der Waals surface area contributed by atoms with E-state index in [9.17, 15) is 4.79 Å². The van der Waals surface area contributed by atoms with Crippen LogP contribution < -0.4 is 5.32 Å².